The summed E-state index contributed by atoms with van der Waals surface area (Å²) in [5, 5.41) is 19.7. The number of nitrogens with zero attached hydrogens (tertiary/aromatic N) is 3. The van der Waals surface area contributed by atoms with Crippen LogP contribution in [0.25, 0.3) is 11.1 Å². The highest BCUT2D eigenvalue weighted by Crippen LogP contribution is 2.37. The second kappa shape index (κ2) is 6.87. The highest BCUT2D eigenvalue weighted by Gasteiger charge is 2.20. The maximum absolute atomic E-state index is 9.70. The first-order chi connectivity index (χ1) is 11.7. The molecule has 2 aromatic carbocycles. The Bertz CT molecular complexity index is 955. The summed E-state index contributed by atoms with van der Waals surface area (Å²) < 4.78 is 0. The number of hydrogen-bond acceptors (Lipinski definition) is 5. The Hall–Kier alpha value is -3.28. The number of aromatic nitrogens is 1. The SMILES string of the molecule is N#Cc1c(N)nc(Sc2ccccc2)c(C#N)c1-c1ccccc1. The maximum atomic E-state index is 9.70. The third-order valence-electron chi connectivity index (χ3n) is 3.44. The summed E-state index contributed by atoms with van der Waals surface area (Å²) in [6.07, 6.45) is 0. The number of nitriles is 2. The zero-order valence-corrected chi connectivity index (χ0v) is 13.4. The van der Waals surface area contributed by atoms with E-state index < -0.39 is 0 Å². The van der Waals surface area contributed by atoms with Gasteiger partial charge in [0.1, 0.15) is 28.5 Å². The molecule has 0 bridgehead atoms. The molecule has 0 amide bonds. The largest absolute Gasteiger partial charge is 0.383 e. The number of nitrogen functional groups attached to an aromatic ring is 1. The molecule has 0 aliphatic heterocycles. The quantitative estimate of drug-likeness (QED) is 0.777. The van der Waals surface area contributed by atoms with E-state index in [9.17, 15) is 10.5 Å². The van der Waals surface area contributed by atoms with Crippen molar-refractivity contribution in [1.29, 1.82) is 10.5 Å². The van der Waals surface area contributed by atoms with Gasteiger partial charge in [-0.3, -0.25) is 0 Å². The summed E-state index contributed by atoms with van der Waals surface area (Å²) in [5.74, 6) is 0.133. The van der Waals surface area contributed by atoms with E-state index >= 15 is 0 Å². The first kappa shape index (κ1) is 15.6. The van der Waals surface area contributed by atoms with E-state index in [0.717, 1.165) is 10.5 Å². The van der Waals surface area contributed by atoms with Crippen molar-refractivity contribution in [2.45, 2.75) is 9.92 Å². The maximum Gasteiger partial charge on any atom is 0.143 e. The van der Waals surface area contributed by atoms with Crippen LogP contribution in [-0.4, -0.2) is 4.98 Å². The van der Waals surface area contributed by atoms with Crippen molar-refractivity contribution in [1.82, 2.24) is 4.98 Å². The zero-order chi connectivity index (χ0) is 16.9. The van der Waals surface area contributed by atoms with Gasteiger partial charge in [-0.25, -0.2) is 4.98 Å². The molecular weight excluding hydrogens is 316 g/mol. The zero-order valence-electron chi connectivity index (χ0n) is 12.6. The van der Waals surface area contributed by atoms with E-state index in [-0.39, 0.29) is 11.4 Å². The van der Waals surface area contributed by atoms with E-state index in [1.165, 1.54) is 11.8 Å². The van der Waals surface area contributed by atoms with Gasteiger partial charge in [0.15, 0.2) is 0 Å². The predicted octanol–water partition coefficient (Wildman–Crippen LogP) is 4.23. The van der Waals surface area contributed by atoms with Crippen LogP contribution in [0.4, 0.5) is 5.82 Å². The van der Waals surface area contributed by atoms with E-state index in [1.54, 1.807) is 0 Å². The molecule has 114 valence electrons. The van der Waals surface area contributed by atoms with Crippen molar-refractivity contribution in [2.24, 2.45) is 0 Å². The second-order valence-electron chi connectivity index (χ2n) is 4.93. The summed E-state index contributed by atoms with van der Waals surface area (Å²) in [6, 6.07) is 23.2. The molecule has 4 nitrogen and oxygen atoms in total. The van der Waals surface area contributed by atoms with Gasteiger partial charge in [0.25, 0.3) is 0 Å². The Morgan fingerprint density at radius 1 is 0.833 bits per heavy atom. The molecule has 0 radical (unpaired) electrons. The molecule has 0 atom stereocenters. The first-order valence-electron chi connectivity index (χ1n) is 7.16. The molecule has 0 unspecified atom stereocenters. The minimum atomic E-state index is 0.133. The molecule has 0 spiro atoms. The smallest absolute Gasteiger partial charge is 0.143 e. The Balaban J connectivity index is 2.24. The van der Waals surface area contributed by atoms with Crippen molar-refractivity contribution in [2.75, 3.05) is 5.73 Å². The van der Waals surface area contributed by atoms with E-state index in [4.69, 9.17) is 5.73 Å². The highest BCUT2D eigenvalue weighted by molar-refractivity contribution is 7.99. The number of nitrogens with two attached hydrogens (primary N) is 1. The summed E-state index contributed by atoms with van der Waals surface area (Å²) in [4.78, 5) is 5.24. The lowest BCUT2D eigenvalue weighted by Crippen LogP contribution is -2.03. The number of benzene rings is 2. The van der Waals surface area contributed by atoms with Gasteiger partial charge in [0, 0.05) is 10.5 Å². The third kappa shape index (κ3) is 2.94. The van der Waals surface area contributed by atoms with Crippen LogP contribution in [0.5, 0.6) is 0 Å². The van der Waals surface area contributed by atoms with Crippen LogP contribution >= 0.6 is 11.8 Å². The summed E-state index contributed by atoms with van der Waals surface area (Å²) in [6.45, 7) is 0. The molecule has 0 aliphatic carbocycles. The van der Waals surface area contributed by atoms with Crippen LogP contribution < -0.4 is 5.73 Å². The molecule has 3 rings (SSSR count). The number of pyridine rings is 1. The standard InChI is InChI=1S/C19H12N4S/c20-11-15-17(13-7-3-1-4-8-13)16(12-21)19(23-18(15)22)24-14-9-5-2-6-10-14/h1-10H,(H2,22,23). The molecule has 3 aromatic rings. The molecule has 0 saturated carbocycles. The molecule has 1 heterocycles. The van der Waals surface area contributed by atoms with Gasteiger partial charge >= 0.3 is 0 Å². The van der Waals surface area contributed by atoms with Crippen LogP contribution in [0.2, 0.25) is 0 Å². The van der Waals surface area contributed by atoms with Crippen LogP contribution in [0.1, 0.15) is 11.1 Å². The van der Waals surface area contributed by atoms with Crippen molar-refractivity contribution in [3.05, 3.63) is 71.8 Å². The van der Waals surface area contributed by atoms with Crippen molar-refractivity contribution >= 4 is 17.6 Å². The molecule has 2 N–H and O–H groups in total. The summed E-state index contributed by atoms with van der Waals surface area (Å²) in [7, 11) is 0. The molecule has 5 heteroatoms. The lowest BCUT2D eigenvalue weighted by Gasteiger charge is -2.12. The van der Waals surface area contributed by atoms with Crippen LogP contribution in [-0.2, 0) is 0 Å². The molecule has 0 fully saturated rings. The average Bonchev–Trinajstić information content (AvgIpc) is 2.63. The Morgan fingerprint density at radius 3 is 2.00 bits per heavy atom. The van der Waals surface area contributed by atoms with E-state index in [0.29, 0.717) is 16.2 Å². The van der Waals surface area contributed by atoms with Gasteiger partial charge in [0.05, 0.1) is 5.56 Å². The van der Waals surface area contributed by atoms with E-state index in [1.807, 2.05) is 60.7 Å². The topological polar surface area (TPSA) is 86.5 Å². The number of rotatable bonds is 3. The van der Waals surface area contributed by atoms with Gasteiger partial charge in [-0.2, -0.15) is 10.5 Å². The van der Waals surface area contributed by atoms with Crippen LogP contribution in [0.15, 0.2) is 70.6 Å². The van der Waals surface area contributed by atoms with Crippen LogP contribution in [0.3, 0.4) is 0 Å². The Labute approximate surface area is 144 Å². The number of anilines is 1. The lowest BCUT2D eigenvalue weighted by molar-refractivity contribution is 1.11. The number of hydrogen-bond donors (Lipinski definition) is 1. The van der Waals surface area contributed by atoms with Gasteiger partial charge in [0.2, 0.25) is 0 Å². The second-order valence-corrected chi connectivity index (χ2v) is 5.99. The van der Waals surface area contributed by atoms with E-state index in [2.05, 4.69) is 17.1 Å². The molecular formula is C19H12N4S. The van der Waals surface area contributed by atoms with Crippen LogP contribution in [0, 0.1) is 22.7 Å². The van der Waals surface area contributed by atoms with Gasteiger partial charge in [-0.1, -0.05) is 60.3 Å². The average molecular weight is 328 g/mol. The summed E-state index contributed by atoms with van der Waals surface area (Å²) >= 11 is 1.36. The Kier molecular flexibility index (Phi) is 4.47. The minimum Gasteiger partial charge on any atom is -0.383 e. The fourth-order valence-electron chi connectivity index (χ4n) is 2.37. The molecule has 24 heavy (non-hydrogen) atoms. The van der Waals surface area contributed by atoms with Crippen molar-refractivity contribution in [3.8, 4) is 23.3 Å². The fraction of sp³-hybridized carbons (Fsp3) is 0. The minimum absolute atomic E-state index is 0.133. The highest BCUT2D eigenvalue weighted by atomic mass is 32.2. The molecule has 0 aliphatic rings. The van der Waals surface area contributed by atoms with Gasteiger partial charge < -0.3 is 5.73 Å². The first-order valence-corrected chi connectivity index (χ1v) is 7.98. The monoisotopic (exact) mass is 328 g/mol. The van der Waals surface area contributed by atoms with Crippen molar-refractivity contribution < 1.29 is 0 Å². The van der Waals surface area contributed by atoms with Gasteiger partial charge in [-0.15, -0.1) is 0 Å². The normalized spacial score (nSPS) is 9.92. The summed E-state index contributed by atoms with van der Waals surface area (Å²) in [5.41, 5.74) is 7.89. The molecule has 1 aromatic heterocycles. The predicted molar refractivity (Wildman–Crippen MR) is 94.1 cm³/mol. The Morgan fingerprint density at radius 2 is 1.42 bits per heavy atom. The molecule has 0 saturated heterocycles. The third-order valence-corrected chi connectivity index (χ3v) is 4.43. The van der Waals surface area contributed by atoms with Crippen molar-refractivity contribution in [3.63, 3.8) is 0 Å². The fourth-order valence-corrected chi connectivity index (χ4v) is 3.28. The van der Waals surface area contributed by atoms with Gasteiger partial charge in [-0.05, 0) is 17.7 Å². The lowest BCUT2D eigenvalue weighted by atomic mass is 9.97.